The fourth-order valence-corrected chi connectivity index (χ4v) is 1.98. The number of nitrogen functional groups attached to an aromatic ring is 1. The summed E-state index contributed by atoms with van der Waals surface area (Å²) in [5, 5.41) is 9.86. The number of anilines is 1. The molecule has 0 fully saturated rings. The van der Waals surface area contributed by atoms with E-state index in [-0.39, 0.29) is 33.2 Å². The van der Waals surface area contributed by atoms with Crippen LogP contribution in [0.2, 0.25) is 10.2 Å². The van der Waals surface area contributed by atoms with Crippen LogP contribution in [0.4, 0.5) is 5.69 Å². The van der Waals surface area contributed by atoms with Crippen molar-refractivity contribution in [2.75, 3.05) is 12.8 Å². The minimum atomic E-state index is -0.301. The van der Waals surface area contributed by atoms with E-state index in [9.17, 15) is 5.11 Å². The van der Waals surface area contributed by atoms with Crippen molar-refractivity contribution in [1.29, 1.82) is 0 Å². The molecule has 0 spiro atoms. The second kappa shape index (κ2) is 6.17. The lowest BCUT2D eigenvalue weighted by Crippen LogP contribution is -2.01. The SMILES string of the molecule is C=C(O)c1nc(-c2ccc(Cl)nc2OOC)cc(N)c1Cl. The third-order valence-electron chi connectivity index (χ3n) is 2.52. The van der Waals surface area contributed by atoms with Crippen molar-refractivity contribution in [1.82, 2.24) is 9.97 Å². The summed E-state index contributed by atoms with van der Waals surface area (Å²) in [5.41, 5.74) is 6.95. The number of nitrogens with two attached hydrogens (primary N) is 1. The van der Waals surface area contributed by atoms with Crippen molar-refractivity contribution in [3.8, 4) is 17.1 Å². The molecular weight excluding hydrogens is 317 g/mol. The molecule has 3 N–H and O–H groups in total. The van der Waals surface area contributed by atoms with Crippen LogP contribution in [0.15, 0.2) is 24.8 Å². The molecule has 2 rings (SSSR count). The van der Waals surface area contributed by atoms with Crippen molar-refractivity contribution < 1.29 is 14.9 Å². The number of halogens is 2. The molecule has 0 bridgehead atoms. The molecule has 0 unspecified atom stereocenters. The quantitative estimate of drug-likeness (QED) is 0.386. The van der Waals surface area contributed by atoms with Gasteiger partial charge in [0.2, 0.25) is 0 Å². The topological polar surface area (TPSA) is 90.5 Å². The monoisotopic (exact) mass is 327 g/mol. The zero-order chi connectivity index (χ0) is 15.6. The highest BCUT2D eigenvalue weighted by Gasteiger charge is 2.17. The van der Waals surface area contributed by atoms with Crippen molar-refractivity contribution in [3.63, 3.8) is 0 Å². The molecule has 0 aromatic carbocycles. The first-order valence-corrected chi connectivity index (χ1v) is 6.41. The van der Waals surface area contributed by atoms with Gasteiger partial charge in [0, 0.05) is 0 Å². The molecule has 0 aliphatic heterocycles. The van der Waals surface area contributed by atoms with Crippen LogP contribution in [0.3, 0.4) is 0 Å². The molecule has 0 saturated heterocycles. The Hall–Kier alpha value is -2.02. The normalized spacial score (nSPS) is 10.4. The molecule has 6 nitrogen and oxygen atoms in total. The summed E-state index contributed by atoms with van der Waals surface area (Å²) in [6, 6.07) is 4.70. The molecule has 0 saturated carbocycles. The van der Waals surface area contributed by atoms with E-state index < -0.39 is 0 Å². The standard InChI is InChI=1S/C13H11Cl2N3O3/c1-6(19)12-11(15)8(16)5-9(17-12)7-3-4-10(14)18-13(7)21-20-2/h3-5,19H,1H2,2H3,(H2,16,17). The van der Waals surface area contributed by atoms with Crippen molar-refractivity contribution in [2.24, 2.45) is 0 Å². The van der Waals surface area contributed by atoms with Crippen molar-refractivity contribution >= 4 is 34.6 Å². The van der Waals surface area contributed by atoms with Gasteiger partial charge in [-0.3, -0.25) is 0 Å². The fraction of sp³-hybridized carbons (Fsp3) is 0.0769. The van der Waals surface area contributed by atoms with Gasteiger partial charge in [-0.25, -0.2) is 4.98 Å². The Morgan fingerprint density at radius 2 is 2.05 bits per heavy atom. The highest BCUT2D eigenvalue weighted by atomic mass is 35.5. The van der Waals surface area contributed by atoms with Crippen molar-refractivity contribution in [3.05, 3.63) is 40.6 Å². The lowest BCUT2D eigenvalue weighted by atomic mass is 10.1. The molecule has 110 valence electrons. The average molecular weight is 328 g/mol. The minimum absolute atomic E-state index is 0.0741. The van der Waals surface area contributed by atoms with E-state index in [4.69, 9.17) is 33.8 Å². The van der Waals surface area contributed by atoms with Gasteiger partial charge in [-0.2, -0.15) is 9.87 Å². The average Bonchev–Trinajstić information content (AvgIpc) is 2.42. The van der Waals surface area contributed by atoms with E-state index in [1.165, 1.54) is 13.2 Å². The second-order valence-corrected chi connectivity index (χ2v) is 4.71. The smallest absolute Gasteiger partial charge is 0.267 e. The van der Waals surface area contributed by atoms with Gasteiger partial charge in [-0.15, -0.1) is 0 Å². The number of aliphatic hydroxyl groups excluding tert-OH is 1. The fourth-order valence-electron chi connectivity index (χ4n) is 1.63. The molecule has 0 atom stereocenters. The lowest BCUT2D eigenvalue weighted by Gasteiger charge is -2.11. The van der Waals surface area contributed by atoms with Gasteiger partial charge in [0.1, 0.15) is 16.6 Å². The zero-order valence-electron chi connectivity index (χ0n) is 10.9. The number of pyridine rings is 2. The second-order valence-electron chi connectivity index (χ2n) is 3.94. The van der Waals surface area contributed by atoms with Gasteiger partial charge in [-0.05, 0) is 18.2 Å². The molecule has 2 aromatic rings. The van der Waals surface area contributed by atoms with Gasteiger partial charge in [0.15, 0.2) is 0 Å². The first kappa shape index (κ1) is 15.4. The molecule has 0 amide bonds. The number of aromatic nitrogens is 2. The summed E-state index contributed by atoms with van der Waals surface area (Å²) in [5.74, 6) is -0.196. The molecule has 0 aliphatic rings. The Morgan fingerprint density at radius 3 is 2.67 bits per heavy atom. The Labute approximate surface area is 130 Å². The van der Waals surface area contributed by atoms with Gasteiger partial charge in [-0.1, -0.05) is 29.8 Å². The van der Waals surface area contributed by atoms with Gasteiger partial charge in [0.05, 0.1) is 29.1 Å². The van der Waals surface area contributed by atoms with E-state index >= 15 is 0 Å². The van der Waals surface area contributed by atoms with E-state index in [1.807, 2.05) is 0 Å². The lowest BCUT2D eigenvalue weighted by molar-refractivity contribution is -0.181. The summed E-state index contributed by atoms with van der Waals surface area (Å²) >= 11 is 11.8. The Kier molecular flexibility index (Phi) is 4.52. The predicted molar refractivity (Wildman–Crippen MR) is 81.2 cm³/mol. The maximum absolute atomic E-state index is 9.53. The first-order chi connectivity index (χ1) is 9.93. The minimum Gasteiger partial charge on any atom is -0.506 e. The van der Waals surface area contributed by atoms with E-state index in [0.29, 0.717) is 11.3 Å². The summed E-state index contributed by atoms with van der Waals surface area (Å²) in [6.07, 6.45) is 0. The number of hydrogen-bond donors (Lipinski definition) is 2. The summed E-state index contributed by atoms with van der Waals surface area (Å²) in [7, 11) is 1.33. The Balaban J connectivity index is 2.64. The van der Waals surface area contributed by atoms with E-state index in [0.717, 1.165) is 0 Å². The van der Waals surface area contributed by atoms with E-state index in [2.05, 4.69) is 21.4 Å². The van der Waals surface area contributed by atoms with Crippen LogP contribution >= 0.6 is 23.2 Å². The molecular formula is C13H11Cl2N3O3. The molecule has 2 aromatic heterocycles. The van der Waals surface area contributed by atoms with Crippen LogP contribution in [0.25, 0.3) is 17.0 Å². The number of nitrogens with zero attached hydrogens (tertiary/aromatic N) is 2. The third kappa shape index (κ3) is 3.18. The Morgan fingerprint density at radius 1 is 1.33 bits per heavy atom. The van der Waals surface area contributed by atoms with E-state index in [1.54, 1.807) is 12.1 Å². The maximum atomic E-state index is 9.53. The maximum Gasteiger partial charge on any atom is 0.267 e. The van der Waals surface area contributed by atoms with Crippen LogP contribution in [0, 0.1) is 0 Å². The van der Waals surface area contributed by atoms with Crippen LogP contribution in [0.1, 0.15) is 5.69 Å². The number of hydrogen-bond acceptors (Lipinski definition) is 6. The van der Waals surface area contributed by atoms with Crippen LogP contribution < -0.4 is 10.6 Å². The highest BCUT2D eigenvalue weighted by molar-refractivity contribution is 6.34. The Bertz CT molecular complexity index is 707. The summed E-state index contributed by atoms with van der Waals surface area (Å²) in [6.45, 7) is 3.40. The molecule has 2 heterocycles. The summed E-state index contributed by atoms with van der Waals surface area (Å²) in [4.78, 5) is 17.7. The summed E-state index contributed by atoms with van der Waals surface area (Å²) < 4.78 is 0. The third-order valence-corrected chi connectivity index (χ3v) is 3.13. The van der Waals surface area contributed by atoms with Gasteiger partial charge >= 0.3 is 0 Å². The number of rotatable bonds is 4. The molecule has 21 heavy (non-hydrogen) atoms. The molecule has 0 radical (unpaired) electrons. The van der Waals surface area contributed by atoms with Crippen LogP contribution in [-0.4, -0.2) is 22.2 Å². The largest absolute Gasteiger partial charge is 0.506 e. The first-order valence-electron chi connectivity index (χ1n) is 5.66. The van der Waals surface area contributed by atoms with Gasteiger partial charge < -0.3 is 15.7 Å². The van der Waals surface area contributed by atoms with Crippen LogP contribution in [-0.2, 0) is 4.89 Å². The van der Waals surface area contributed by atoms with Gasteiger partial charge in [0.25, 0.3) is 5.88 Å². The highest BCUT2D eigenvalue weighted by Crippen LogP contribution is 2.34. The molecule has 0 aliphatic carbocycles. The predicted octanol–water partition coefficient (Wildman–Crippen LogP) is 3.50. The van der Waals surface area contributed by atoms with Crippen LogP contribution in [0.5, 0.6) is 5.88 Å². The zero-order valence-corrected chi connectivity index (χ0v) is 12.4. The molecule has 8 heteroatoms. The van der Waals surface area contributed by atoms with Crippen molar-refractivity contribution in [2.45, 2.75) is 0 Å². The number of aliphatic hydroxyl groups is 1.